The molecule has 6 rings (SSSR count). The van der Waals surface area contributed by atoms with Crippen molar-refractivity contribution in [3.8, 4) is 6.07 Å². The molecule has 0 aromatic rings. The molecule has 0 spiro atoms. The van der Waals surface area contributed by atoms with Crippen molar-refractivity contribution in [1.82, 2.24) is 4.90 Å². The Morgan fingerprint density at radius 3 is 2.78 bits per heavy atom. The Bertz CT molecular complexity index is 1250. The molecule has 3 N–H and O–H groups in total. The average molecular weight is 334 g/mol. The minimum Gasteiger partial charge on any atom is -0.390 e. The largest absolute Gasteiger partial charge is 0.390 e. The van der Waals surface area contributed by atoms with E-state index in [2.05, 4.69) is 0 Å². The van der Waals surface area contributed by atoms with Gasteiger partial charge in [-0.25, -0.2) is 0 Å². The highest BCUT2D eigenvalue weighted by molar-refractivity contribution is 5.84. The zero-order valence-corrected chi connectivity index (χ0v) is 11.7. The molecule has 6 atom stereocenters. The van der Waals surface area contributed by atoms with E-state index in [9.17, 15) is 15.2 Å². The molecular weight excluding hydrogens is 290 g/mol. The van der Waals surface area contributed by atoms with Gasteiger partial charge in [-0.15, -0.1) is 0 Å². The molecule has 1 saturated heterocycles. The number of hydrogen-bond acceptors (Lipinski definition) is 4. The van der Waals surface area contributed by atoms with Crippen molar-refractivity contribution in [2.24, 2.45) is 28.8 Å². The third kappa shape index (κ3) is 1.88. The standard InChI is InChI=1S/C18H25N3O2/c19-8-13-2-12-3-14(12)21(13)16(22)15(20)17-4-10-1-11(5-17)7-18(23,6-10)9-17/h10-15,23H,1-7,9,20H2/t10?,11?,12-,13+,14+,15-,17?,18?/m1/s1/i1D2,4D2,5D2,6D2,7D2,9D2,10D,11D,12D,13D,14D,15D. The number of carbonyl (C=O) groups excluding carboxylic acids is 1. The number of hydrogen-bond donors (Lipinski definition) is 2. The summed E-state index contributed by atoms with van der Waals surface area (Å²) >= 11 is 0. The van der Waals surface area contributed by atoms with Gasteiger partial charge in [0.2, 0.25) is 5.91 Å². The van der Waals surface area contributed by atoms with E-state index in [1.54, 1.807) is 0 Å². The first-order valence-corrected chi connectivity index (χ1v) is 7.03. The van der Waals surface area contributed by atoms with Crippen LogP contribution in [0.1, 0.15) is 75.8 Å². The topological polar surface area (TPSA) is 90.3 Å². The third-order valence-corrected chi connectivity index (χ3v) is 4.41. The lowest BCUT2D eigenvalue weighted by Gasteiger charge is -2.61. The monoisotopic (exact) mass is 333 g/mol. The maximum absolute atomic E-state index is 14.2. The first-order valence-electron chi connectivity index (χ1n) is 16.0. The second-order valence-electron chi connectivity index (χ2n) is 5.98. The maximum atomic E-state index is 14.2. The van der Waals surface area contributed by atoms with Crippen LogP contribution in [-0.4, -0.2) is 39.6 Å². The summed E-state index contributed by atoms with van der Waals surface area (Å²) < 4.78 is 156. The Kier molecular flexibility index (Phi) is 0.923. The molecule has 0 aromatic carbocycles. The fourth-order valence-corrected chi connectivity index (χ4v) is 3.33. The van der Waals surface area contributed by atoms with Gasteiger partial charge < -0.3 is 15.7 Å². The second kappa shape index (κ2) is 4.29. The lowest BCUT2D eigenvalue weighted by molar-refractivity contribution is -0.177. The fraction of sp³-hybridized carbons (Fsp3) is 0.889. The van der Waals surface area contributed by atoms with Crippen LogP contribution >= 0.6 is 0 Å². The number of likely N-dealkylation sites (tertiary alicyclic amines) is 1. The summed E-state index contributed by atoms with van der Waals surface area (Å²) in [5, 5.41) is 21.4. The normalized spacial score (nSPS) is 95.8. The van der Waals surface area contributed by atoms with Gasteiger partial charge in [-0.1, -0.05) is 0 Å². The van der Waals surface area contributed by atoms with E-state index in [1.807, 2.05) is 0 Å². The van der Waals surface area contributed by atoms with Crippen molar-refractivity contribution in [3.63, 3.8) is 0 Å². The fourth-order valence-electron chi connectivity index (χ4n) is 3.33. The van der Waals surface area contributed by atoms with Gasteiger partial charge in [0.15, 0.2) is 0 Å². The number of carbonyl (C=O) groups is 1. The molecule has 6 fully saturated rings. The third-order valence-electron chi connectivity index (χ3n) is 4.41. The van der Waals surface area contributed by atoms with Gasteiger partial charge in [0.05, 0.1) is 21.8 Å². The smallest absolute Gasteiger partial charge is 0.241 e. The Morgan fingerprint density at radius 1 is 1.43 bits per heavy atom. The molecule has 1 amide bonds. The predicted octanol–water partition coefficient (Wildman–Crippen LogP) is 1.16. The van der Waals surface area contributed by atoms with Gasteiger partial charge in [0.25, 0.3) is 0 Å². The van der Waals surface area contributed by atoms with Crippen LogP contribution in [-0.2, 0) is 4.79 Å². The van der Waals surface area contributed by atoms with Gasteiger partial charge in [-0.2, -0.15) is 5.26 Å². The van der Waals surface area contributed by atoms with Crippen molar-refractivity contribution in [3.05, 3.63) is 0 Å². The quantitative estimate of drug-likeness (QED) is 0.793. The number of piperidine rings is 1. The number of aliphatic hydroxyl groups is 1. The van der Waals surface area contributed by atoms with Gasteiger partial charge in [-0.05, 0) is 74.2 Å². The van der Waals surface area contributed by atoms with Crippen LogP contribution in [0.5, 0.6) is 0 Å². The summed E-state index contributed by atoms with van der Waals surface area (Å²) in [6.07, 6.45) is -27.8. The van der Waals surface area contributed by atoms with Crippen LogP contribution < -0.4 is 5.73 Å². The minimum atomic E-state index is -4.55. The Labute approximate surface area is 162 Å². The summed E-state index contributed by atoms with van der Waals surface area (Å²) in [5.41, 5.74) is -2.99. The summed E-state index contributed by atoms with van der Waals surface area (Å²) in [5.74, 6) is -12.8. The van der Waals surface area contributed by atoms with E-state index in [1.165, 1.54) is 6.07 Å². The molecule has 5 heteroatoms. The second-order valence-corrected chi connectivity index (χ2v) is 5.98. The van der Waals surface area contributed by atoms with E-state index >= 15 is 0 Å². The van der Waals surface area contributed by atoms with E-state index < -0.39 is 104 Å². The number of rotatable bonds is 2. The van der Waals surface area contributed by atoms with Crippen molar-refractivity contribution in [2.75, 3.05) is 0 Å². The van der Waals surface area contributed by atoms with Crippen molar-refractivity contribution in [2.45, 2.75) is 74.7 Å². The summed E-state index contributed by atoms with van der Waals surface area (Å²) in [6, 6.07) is -8.30. The molecule has 5 saturated carbocycles. The Morgan fingerprint density at radius 2 is 2.13 bits per heavy atom. The van der Waals surface area contributed by atoms with E-state index in [-0.39, 0.29) is 4.90 Å². The zero-order valence-electron chi connectivity index (χ0n) is 29.7. The van der Waals surface area contributed by atoms with Gasteiger partial charge in [-0.3, -0.25) is 4.79 Å². The van der Waals surface area contributed by atoms with Crippen LogP contribution in [0.25, 0.3) is 0 Å². The highest BCUT2D eigenvalue weighted by atomic mass is 16.3. The average Bonchev–Trinajstić information content (AvgIpc) is 3.25. The molecule has 0 aromatic heterocycles. The molecule has 124 valence electrons. The van der Waals surface area contributed by atoms with Gasteiger partial charge >= 0.3 is 0 Å². The van der Waals surface area contributed by atoms with Crippen molar-refractivity contribution < 1.29 is 34.6 Å². The van der Waals surface area contributed by atoms with E-state index in [0.717, 1.165) is 0 Å². The van der Waals surface area contributed by atoms with Crippen molar-refractivity contribution >= 4 is 5.91 Å². The lowest BCUT2D eigenvalue weighted by Crippen LogP contribution is -2.64. The molecule has 6 aliphatic rings. The predicted molar refractivity (Wildman–Crippen MR) is 82.8 cm³/mol. The number of amides is 1. The lowest BCUT2D eigenvalue weighted by atomic mass is 9.46. The highest BCUT2D eigenvalue weighted by Gasteiger charge is 2.62. The molecule has 5 nitrogen and oxygen atoms in total. The van der Waals surface area contributed by atoms with E-state index in [4.69, 9.17) is 30.4 Å². The molecule has 23 heavy (non-hydrogen) atoms. The number of nitrogens with zero attached hydrogens (tertiary/aromatic N) is 2. The first-order chi connectivity index (χ1) is 17.8. The minimum absolute atomic E-state index is 0.0317. The van der Waals surface area contributed by atoms with E-state index in [0.29, 0.717) is 0 Å². The highest BCUT2D eigenvalue weighted by Crippen LogP contribution is 2.63. The maximum Gasteiger partial charge on any atom is 0.241 e. The summed E-state index contributed by atoms with van der Waals surface area (Å²) in [4.78, 5) is 14.1. The zero-order chi connectivity index (χ0) is 32.3. The molecule has 1 heterocycles. The number of nitrogens with two attached hydrogens (primary N) is 1. The van der Waals surface area contributed by atoms with Crippen LogP contribution in [0.4, 0.5) is 0 Å². The van der Waals surface area contributed by atoms with Crippen molar-refractivity contribution in [1.29, 1.82) is 5.26 Å². The number of nitriles is 1. The van der Waals surface area contributed by atoms with Crippen LogP contribution in [0.15, 0.2) is 0 Å². The van der Waals surface area contributed by atoms with Crippen LogP contribution in [0.2, 0.25) is 0 Å². The summed E-state index contributed by atoms with van der Waals surface area (Å²) in [6.45, 7) is 0. The molecule has 1 aliphatic heterocycles. The van der Waals surface area contributed by atoms with Gasteiger partial charge in [0, 0.05) is 26.6 Å². The Hall–Kier alpha value is -1.12. The Balaban J connectivity index is 1.96. The molecule has 5 aliphatic carbocycles. The molecule has 0 radical (unpaired) electrons. The van der Waals surface area contributed by atoms with Gasteiger partial charge in [0.1, 0.15) is 6.02 Å². The van der Waals surface area contributed by atoms with Crippen LogP contribution in [0.3, 0.4) is 0 Å². The first kappa shape index (κ1) is 4.95. The van der Waals surface area contributed by atoms with Crippen LogP contribution in [0, 0.1) is 34.4 Å². The molecule has 2 unspecified atom stereocenters. The molecule has 4 bridgehead atoms. The SMILES string of the molecule is [2H]C1([2H])C2([2H])C([2H])([2H])C3(O)C([2H])([2H])C1([2H])C([2H])([2H])C([C@]([2H])(N)C(=O)N1[C@]([2H])(C#N)C[C@]4([2H])C[C@]14[2H])(C2([2H])[2H])C3([2H])[2H]. The number of fused-ring (bicyclic) bond motifs is 1. The molecular formula is C18H25N3O2. The summed E-state index contributed by atoms with van der Waals surface area (Å²) in [7, 11) is 0.